The van der Waals surface area contributed by atoms with Crippen molar-refractivity contribution in [2.24, 2.45) is 5.41 Å². The van der Waals surface area contributed by atoms with Crippen LogP contribution in [0.1, 0.15) is 68.4 Å². The van der Waals surface area contributed by atoms with Crippen LogP contribution in [-0.4, -0.2) is 35.6 Å². The highest BCUT2D eigenvalue weighted by atomic mass is 19.4. The molecular formula is C28H27F7N2O5. The molecule has 0 unspecified atom stereocenters. The number of nitro groups is 1. The van der Waals surface area contributed by atoms with Crippen molar-refractivity contribution in [1.82, 2.24) is 4.90 Å². The van der Waals surface area contributed by atoms with Gasteiger partial charge in [-0.15, -0.1) is 0 Å². The lowest BCUT2D eigenvalue weighted by Gasteiger charge is -2.35. The Morgan fingerprint density at radius 1 is 1.07 bits per heavy atom. The minimum atomic E-state index is -5.08. The van der Waals surface area contributed by atoms with Gasteiger partial charge in [-0.3, -0.25) is 15.0 Å². The first kappa shape index (κ1) is 31.1. The fraction of sp³-hybridized carbons (Fsp3) is 0.464. The van der Waals surface area contributed by atoms with Crippen LogP contribution in [0, 0.1) is 21.3 Å². The molecule has 2 aliphatic rings. The summed E-state index contributed by atoms with van der Waals surface area (Å²) in [4.78, 5) is 24.8. The average Bonchev–Trinajstić information content (AvgIpc) is 3.15. The molecule has 1 fully saturated rings. The van der Waals surface area contributed by atoms with E-state index in [-0.39, 0.29) is 29.3 Å². The number of allylic oxidation sites excluding steroid dienone is 1. The molecule has 0 bridgehead atoms. The van der Waals surface area contributed by atoms with Crippen molar-refractivity contribution < 1.29 is 49.9 Å². The summed E-state index contributed by atoms with van der Waals surface area (Å²) in [7, 11) is 1.27. The fourth-order valence-corrected chi connectivity index (χ4v) is 5.49. The topological polar surface area (TPSA) is 81.9 Å². The van der Waals surface area contributed by atoms with E-state index >= 15 is 0 Å². The van der Waals surface area contributed by atoms with Crippen LogP contribution < -0.4 is 4.74 Å². The van der Waals surface area contributed by atoms with Crippen molar-refractivity contribution in [3.05, 3.63) is 74.1 Å². The zero-order valence-electron chi connectivity index (χ0n) is 23.0. The molecule has 1 heterocycles. The number of halogens is 7. The maximum absolute atomic E-state index is 14.3. The largest absolute Gasteiger partial charge is 0.496 e. The van der Waals surface area contributed by atoms with E-state index in [1.54, 1.807) is 0 Å². The molecule has 0 radical (unpaired) electrons. The Labute approximate surface area is 236 Å². The third-order valence-corrected chi connectivity index (χ3v) is 7.65. The Morgan fingerprint density at radius 3 is 2.19 bits per heavy atom. The van der Waals surface area contributed by atoms with E-state index in [2.05, 4.69) is 0 Å². The van der Waals surface area contributed by atoms with Gasteiger partial charge in [0.2, 0.25) is 5.82 Å². The quantitative estimate of drug-likeness (QED) is 0.188. The Bertz CT molecular complexity index is 1420. The van der Waals surface area contributed by atoms with Crippen molar-refractivity contribution in [2.75, 3.05) is 13.7 Å². The lowest BCUT2D eigenvalue weighted by atomic mass is 9.72. The molecule has 14 heteroatoms. The van der Waals surface area contributed by atoms with Crippen molar-refractivity contribution >= 4 is 17.4 Å². The molecule has 7 nitrogen and oxygen atoms in total. The first-order valence-corrected chi connectivity index (χ1v) is 12.8. The molecule has 1 amide bonds. The fourth-order valence-electron chi connectivity index (χ4n) is 5.49. The number of carbonyl (C=O) groups is 1. The average molecular weight is 605 g/mol. The number of methoxy groups -OCH3 is 1. The van der Waals surface area contributed by atoms with Gasteiger partial charge in [0.1, 0.15) is 11.9 Å². The van der Waals surface area contributed by atoms with Gasteiger partial charge in [0.15, 0.2) is 0 Å². The van der Waals surface area contributed by atoms with Gasteiger partial charge in [-0.05, 0) is 66.5 Å². The second kappa shape index (κ2) is 10.8. The molecular weight excluding hydrogens is 577 g/mol. The summed E-state index contributed by atoms with van der Waals surface area (Å²) in [5, 5.41) is 11.4. The molecule has 228 valence electrons. The van der Waals surface area contributed by atoms with Crippen molar-refractivity contribution in [1.29, 1.82) is 0 Å². The Hall–Kier alpha value is -3.84. The molecule has 42 heavy (non-hydrogen) atoms. The molecule has 4 rings (SSSR count). The van der Waals surface area contributed by atoms with Crippen LogP contribution in [0.3, 0.4) is 0 Å². The van der Waals surface area contributed by atoms with Crippen molar-refractivity contribution in [3.8, 4) is 5.75 Å². The third kappa shape index (κ3) is 6.16. The van der Waals surface area contributed by atoms with Crippen LogP contribution >= 0.6 is 0 Å². The highest BCUT2D eigenvalue weighted by Gasteiger charge is 2.44. The van der Waals surface area contributed by atoms with Crippen LogP contribution in [0.4, 0.5) is 41.2 Å². The smallest absolute Gasteiger partial charge is 0.416 e. The van der Waals surface area contributed by atoms with Crippen molar-refractivity contribution in [3.63, 3.8) is 0 Å². The number of nitrogens with zero attached hydrogens (tertiary/aromatic N) is 2. The molecule has 1 aliphatic carbocycles. The number of alkyl halides is 6. The van der Waals surface area contributed by atoms with Gasteiger partial charge < -0.3 is 9.47 Å². The first-order valence-electron chi connectivity index (χ1n) is 12.8. The second-order valence-electron chi connectivity index (χ2n) is 11.2. The number of rotatable bonds is 6. The van der Waals surface area contributed by atoms with Gasteiger partial charge in [0.05, 0.1) is 29.2 Å². The maximum Gasteiger partial charge on any atom is 0.416 e. The predicted molar refractivity (Wildman–Crippen MR) is 136 cm³/mol. The van der Waals surface area contributed by atoms with Gasteiger partial charge in [-0.2, -0.15) is 30.7 Å². The summed E-state index contributed by atoms with van der Waals surface area (Å²) >= 11 is 0. The van der Waals surface area contributed by atoms with E-state index in [1.807, 2.05) is 13.8 Å². The summed E-state index contributed by atoms with van der Waals surface area (Å²) in [5.74, 6) is -1.07. The molecule has 1 aliphatic heterocycles. The van der Waals surface area contributed by atoms with E-state index in [4.69, 9.17) is 9.47 Å². The summed E-state index contributed by atoms with van der Waals surface area (Å²) in [6, 6.07) is 2.03. The third-order valence-electron chi connectivity index (χ3n) is 7.65. The van der Waals surface area contributed by atoms with E-state index in [0.29, 0.717) is 42.5 Å². The predicted octanol–water partition coefficient (Wildman–Crippen LogP) is 8.33. The van der Waals surface area contributed by atoms with Crippen LogP contribution in [0.5, 0.6) is 5.75 Å². The summed E-state index contributed by atoms with van der Waals surface area (Å²) in [6.07, 6.45) is -11.1. The zero-order chi connectivity index (χ0) is 31.4. The number of carbonyl (C=O) groups excluding carboxylic acids is 1. The molecule has 2 aromatic carbocycles. The number of cyclic esters (lactones) is 1. The molecule has 0 spiro atoms. The highest BCUT2D eigenvalue weighted by molar-refractivity contribution is 5.78. The summed E-state index contributed by atoms with van der Waals surface area (Å²) in [5.41, 5.74) is -3.15. The number of hydrogen-bond acceptors (Lipinski definition) is 5. The molecule has 0 N–H and O–H groups in total. The van der Waals surface area contributed by atoms with Crippen LogP contribution in [0.2, 0.25) is 0 Å². The first-order chi connectivity index (χ1) is 19.3. The highest BCUT2D eigenvalue weighted by Crippen LogP contribution is 2.47. The summed E-state index contributed by atoms with van der Waals surface area (Å²) in [6.45, 7) is 5.24. The monoisotopic (exact) mass is 604 g/mol. The molecule has 0 saturated carbocycles. The number of ether oxygens (including phenoxy) is 2. The van der Waals surface area contributed by atoms with Gasteiger partial charge in [-0.1, -0.05) is 13.8 Å². The number of nitro benzene ring substituents is 1. The molecule has 1 saturated heterocycles. The standard InChI is InChI=1S/C28H27F7N2O5/c1-14-24(15-7-17(27(30,31)32)9-18(8-15)28(33,34)35)42-25(38)36(14)13-16-12-26(2,3)6-5-19(16)20-10-22(37(39)40)21(29)11-23(20)41-4/h7-11,14,24H,5-6,12-13H2,1-4H3/t14-,24-/m0/s1. The molecule has 0 aromatic heterocycles. The number of benzene rings is 2. The minimum Gasteiger partial charge on any atom is -0.496 e. The van der Waals surface area contributed by atoms with Gasteiger partial charge in [0, 0.05) is 24.2 Å². The van der Waals surface area contributed by atoms with E-state index in [1.165, 1.54) is 18.9 Å². The van der Waals surface area contributed by atoms with Gasteiger partial charge in [0.25, 0.3) is 0 Å². The van der Waals surface area contributed by atoms with E-state index < -0.39 is 63.7 Å². The molecule has 2 aromatic rings. The minimum absolute atomic E-state index is 0.000817. The van der Waals surface area contributed by atoms with E-state index in [0.717, 1.165) is 12.1 Å². The van der Waals surface area contributed by atoms with Crippen LogP contribution in [0.15, 0.2) is 35.9 Å². The Kier molecular flexibility index (Phi) is 7.98. The van der Waals surface area contributed by atoms with Crippen LogP contribution in [-0.2, 0) is 17.1 Å². The Balaban J connectivity index is 1.77. The normalized spacial score (nSPS) is 21.0. The number of amides is 1. The summed E-state index contributed by atoms with van der Waals surface area (Å²) < 4.78 is 106. The molecule has 2 atom stereocenters. The lowest BCUT2D eigenvalue weighted by Crippen LogP contribution is -2.35. The SMILES string of the molecule is COc1cc(F)c([N+](=O)[O-])cc1C1=C(CN2C(=O)O[C@H](c3cc(C(F)(F)F)cc(C(F)(F)F)c3)[C@@H]2C)CC(C)(C)CC1. The second-order valence-corrected chi connectivity index (χ2v) is 11.2. The van der Waals surface area contributed by atoms with E-state index in [9.17, 15) is 45.6 Å². The maximum atomic E-state index is 14.3. The number of hydrogen-bond donors (Lipinski definition) is 0. The van der Waals surface area contributed by atoms with Crippen molar-refractivity contribution in [2.45, 2.75) is 64.5 Å². The zero-order valence-corrected chi connectivity index (χ0v) is 23.0. The van der Waals surface area contributed by atoms with Gasteiger partial charge >= 0.3 is 24.1 Å². The lowest BCUT2D eigenvalue weighted by molar-refractivity contribution is -0.387. The van der Waals surface area contributed by atoms with Crippen LogP contribution in [0.25, 0.3) is 5.57 Å². The Morgan fingerprint density at radius 2 is 1.67 bits per heavy atom. The van der Waals surface area contributed by atoms with Gasteiger partial charge in [-0.25, -0.2) is 4.79 Å².